The zero-order chi connectivity index (χ0) is 18.0. The van der Waals surface area contributed by atoms with E-state index < -0.39 is 0 Å². The second kappa shape index (κ2) is 7.40. The number of hydrogen-bond acceptors (Lipinski definition) is 3. The first-order chi connectivity index (χ1) is 12.0. The van der Waals surface area contributed by atoms with Gasteiger partial charge in [-0.3, -0.25) is 18.8 Å². The zero-order valence-electron chi connectivity index (χ0n) is 15.3. The van der Waals surface area contributed by atoms with Gasteiger partial charge in [-0.15, -0.1) is 0 Å². The summed E-state index contributed by atoms with van der Waals surface area (Å²) in [6, 6.07) is 12.8. The summed E-state index contributed by atoms with van der Waals surface area (Å²) in [4.78, 5) is 26.3. The fourth-order valence-corrected chi connectivity index (χ4v) is 3.89. The summed E-state index contributed by atoms with van der Waals surface area (Å²) in [6.45, 7) is 0.627. The third-order valence-electron chi connectivity index (χ3n) is 5.63. The molecule has 5 nitrogen and oxygen atoms in total. The highest BCUT2D eigenvalue weighted by Gasteiger charge is 2.25. The molecule has 5 heteroatoms. The van der Waals surface area contributed by atoms with Gasteiger partial charge in [0.25, 0.3) is 5.56 Å². The van der Waals surface area contributed by atoms with E-state index >= 15 is 0 Å². The van der Waals surface area contributed by atoms with Crippen LogP contribution in [0.1, 0.15) is 42.9 Å². The predicted molar refractivity (Wildman–Crippen MR) is 99.8 cm³/mol. The van der Waals surface area contributed by atoms with Gasteiger partial charge in [0.1, 0.15) is 0 Å². The molecule has 0 spiro atoms. The highest BCUT2D eigenvalue weighted by atomic mass is 16.2. The van der Waals surface area contributed by atoms with Gasteiger partial charge < -0.3 is 0 Å². The number of rotatable bonds is 4. The molecule has 1 aliphatic carbocycles. The zero-order valence-corrected chi connectivity index (χ0v) is 15.3. The Bertz CT molecular complexity index is 830. The summed E-state index contributed by atoms with van der Waals surface area (Å²) in [5, 5.41) is 0. The Labute approximate surface area is 148 Å². The van der Waals surface area contributed by atoms with Crippen molar-refractivity contribution in [1.82, 2.24) is 14.0 Å². The quantitative estimate of drug-likeness (QED) is 0.857. The molecule has 1 fully saturated rings. The van der Waals surface area contributed by atoms with Crippen molar-refractivity contribution < 1.29 is 0 Å². The highest BCUT2D eigenvalue weighted by Crippen LogP contribution is 2.34. The van der Waals surface area contributed by atoms with Crippen molar-refractivity contribution in [3.05, 3.63) is 68.5 Å². The van der Waals surface area contributed by atoms with Crippen LogP contribution in [0.3, 0.4) is 0 Å². The molecule has 0 bridgehead atoms. The van der Waals surface area contributed by atoms with Gasteiger partial charge in [0.15, 0.2) is 0 Å². The van der Waals surface area contributed by atoms with Gasteiger partial charge in [-0.05, 0) is 44.2 Å². The van der Waals surface area contributed by atoms with Crippen LogP contribution in [-0.2, 0) is 20.6 Å². The molecule has 1 saturated carbocycles. The Morgan fingerprint density at radius 2 is 1.64 bits per heavy atom. The van der Waals surface area contributed by atoms with Crippen molar-refractivity contribution in [3.63, 3.8) is 0 Å². The molecule has 2 aromatic rings. The average molecular weight is 341 g/mol. The van der Waals surface area contributed by atoms with Crippen molar-refractivity contribution in [3.8, 4) is 0 Å². The molecule has 0 saturated heterocycles. The van der Waals surface area contributed by atoms with Crippen LogP contribution in [0.15, 0.2) is 46.0 Å². The Hall–Kier alpha value is -2.14. The summed E-state index contributed by atoms with van der Waals surface area (Å²) < 4.78 is 2.72. The van der Waals surface area contributed by atoms with E-state index in [2.05, 4.69) is 42.3 Å². The molecule has 3 rings (SSSR count). The summed E-state index contributed by atoms with van der Waals surface area (Å²) in [5.41, 5.74) is 1.72. The third kappa shape index (κ3) is 3.76. The smallest absolute Gasteiger partial charge is 0.299 e. The second-order valence-electron chi connectivity index (χ2n) is 7.21. The number of aromatic nitrogens is 2. The van der Waals surface area contributed by atoms with Crippen LogP contribution in [0.2, 0.25) is 0 Å². The molecular weight excluding hydrogens is 314 g/mol. The molecule has 1 heterocycles. The molecule has 0 amide bonds. The van der Waals surface area contributed by atoms with E-state index in [0.29, 0.717) is 18.5 Å². The normalized spacial score (nSPS) is 20.8. The first-order valence-electron chi connectivity index (χ1n) is 8.98. The maximum absolute atomic E-state index is 12.1. The number of nitrogens with zero attached hydrogens (tertiary/aromatic N) is 3. The van der Waals surface area contributed by atoms with Crippen molar-refractivity contribution in [2.24, 2.45) is 14.1 Å². The minimum Gasteiger partial charge on any atom is -0.299 e. The lowest BCUT2D eigenvalue weighted by atomic mass is 9.81. The van der Waals surface area contributed by atoms with Crippen LogP contribution in [-0.4, -0.2) is 27.1 Å². The molecule has 1 aromatic carbocycles. The van der Waals surface area contributed by atoms with Gasteiger partial charge in [0, 0.05) is 38.4 Å². The van der Waals surface area contributed by atoms with Crippen molar-refractivity contribution in [1.29, 1.82) is 0 Å². The fourth-order valence-electron chi connectivity index (χ4n) is 3.89. The molecule has 0 radical (unpaired) electrons. The van der Waals surface area contributed by atoms with E-state index in [9.17, 15) is 9.59 Å². The second-order valence-corrected chi connectivity index (χ2v) is 7.21. The average Bonchev–Trinajstić information content (AvgIpc) is 2.65. The lowest BCUT2D eigenvalue weighted by Gasteiger charge is -2.35. The van der Waals surface area contributed by atoms with E-state index in [1.807, 2.05) is 0 Å². The first-order valence-corrected chi connectivity index (χ1v) is 8.98. The Balaban J connectivity index is 1.65. The van der Waals surface area contributed by atoms with Crippen LogP contribution >= 0.6 is 0 Å². The topological polar surface area (TPSA) is 47.2 Å². The number of hydrogen-bond donors (Lipinski definition) is 0. The predicted octanol–water partition coefficient (Wildman–Crippen LogP) is 2.24. The molecule has 25 heavy (non-hydrogen) atoms. The summed E-state index contributed by atoms with van der Waals surface area (Å²) in [7, 11) is 5.34. The highest BCUT2D eigenvalue weighted by molar-refractivity contribution is 5.20. The van der Waals surface area contributed by atoms with Crippen LogP contribution in [0.4, 0.5) is 0 Å². The van der Waals surface area contributed by atoms with Gasteiger partial charge in [-0.1, -0.05) is 30.3 Å². The lowest BCUT2D eigenvalue weighted by Crippen LogP contribution is -2.41. The van der Waals surface area contributed by atoms with Crippen LogP contribution in [0.5, 0.6) is 0 Å². The van der Waals surface area contributed by atoms with Gasteiger partial charge >= 0.3 is 5.69 Å². The summed E-state index contributed by atoms with van der Waals surface area (Å²) in [6.07, 6.45) is 4.67. The van der Waals surface area contributed by atoms with E-state index in [1.165, 1.54) is 25.5 Å². The lowest BCUT2D eigenvalue weighted by molar-refractivity contribution is 0.172. The Kier molecular flexibility index (Phi) is 5.23. The van der Waals surface area contributed by atoms with Gasteiger partial charge in [0.2, 0.25) is 0 Å². The maximum Gasteiger partial charge on any atom is 0.330 e. The monoisotopic (exact) mass is 341 g/mol. The van der Waals surface area contributed by atoms with E-state index in [-0.39, 0.29) is 11.2 Å². The minimum atomic E-state index is -0.260. The van der Waals surface area contributed by atoms with E-state index in [1.54, 1.807) is 17.7 Å². The van der Waals surface area contributed by atoms with E-state index in [4.69, 9.17) is 0 Å². The Morgan fingerprint density at radius 3 is 2.28 bits per heavy atom. The van der Waals surface area contributed by atoms with E-state index in [0.717, 1.165) is 23.1 Å². The molecule has 0 N–H and O–H groups in total. The molecular formula is C20H27N3O2. The Morgan fingerprint density at radius 1 is 1.00 bits per heavy atom. The largest absolute Gasteiger partial charge is 0.330 e. The van der Waals surface area contributed by atoms with Crippen LogP contribution < -0.4 is 11.2 Å². The molecule has 0 aliphatic heterocycles. The fraction of sp³-hybridized carbons (Fsp3) is 0.500. The molecule has 0 atom stereocenters. The molecule has 0 unspecified atom stereocenters. The summed E-state index contributed by atoms with van der Waals surface area (Å²) in [5.74, 6) is 0.652. The van der Waals surface area contributed by atoms with Gasteiger partial charge in [0.05, 0.1) is 0 Å². The van der Waals surface area contributed by atoms with Crippen molar-refractivity contribution >= 4 is 0 Å². The molecule has 134 valence electrons. The SMILES string of the molecule is CN(Cc1cc(=O)n(C)c(=O)n1C)C1CCC(c2ccccc2)CC1. The third-order valence-corrected chi connectivity index (χ3v) is 5.63. The van der Waals surface area contributed by atoms with Crippen molar-refractivity contribution in [2.45, 2.75) is 44.2 Å². The van der Waals surface area contributed by atoms with Gasteiger partial charge in [-0.2, -0.15) is 0 Å². The van der Waals surface area contributed by atoms with Crippen LogP contribution in [0, 0.1) is 0 Å². The van der Waals surface area contributed by atoms with Crippen LogP contribution in [0.25, 0.3) is 0 Å². The summed E-state index contributed by atoms with van der Waals surface area (Å²) >= 11 is 0. The maximum atomic E-state index is 12.1. The molecule has 1 aromatic heterocycles. The standard InChI is InChI=1S/C20H27N3O2/c1-21(14-18-13-19(24)23(3)20(25)22(18)2)17-11-9-16(10-12-17)15-7-5-4-6-8-15/h4-8,13,16-17H,9-12,14H2,1-3H3. The number of benzene rings is 1. The minimum absolute atomic E-state index is 0.237. The molecule has 1 aliphatic rings. The first kappa shape index (κ1) is 17.7. The van der Waals surface area contributed by atoms with Gasteiger partial charge in [-0.25, -0.2) is 4.79 Å². The van der Waals surface area contributed by atoms with Crippen molar-refractivity contribution in [2.75, 3.05) is 7.05 Å².